The molecule has 0 aromatic heterocycles. The van der Waals surface area contributed by atoms with Gasteiger partial charge in [0.25, 0.3) is 0 Å². The molecule has 1 rings (SSSR count). The van der Waals surface area contributed by atoms with Crippen molar-refractivity contribution in [1.29, 1.82) is 0 Å². The van der Waals surface area contributed by atoms with Gasteiger partial charge in [-0.2, -0.15) is 0 Å². The van der Waals surface area contributed by atoms with Crippen molar-refractivity contribution in [2.45, 2.75) is 24.7 Å². The Morgan fingerprint density at radius 2 is 1.86 bits per heavy atom. The van der Waals surface area contributed by atoms with E-state index in [1.54, 1.807) is 6.07 Å². The zero-order valence-electron chi connectivity index (χ0n) is 8.41. The molecule has 2 nitrogen and oxygen atoms in total. The van der Waals surface area contributed by atoms with Crippen molar-refractivity contribution in [3.05, 3.63) is 29.6 Å². The Morgan fingerprint density at radius 1 is 1.29 bits per heavy atom. The third-order valence-electron chi connectivity index (χ3n) is 1.99. The Hall–Kier alpha value is -0.900. The summed E-state index contributed by atoms with van der Waals surface area (Å²) in [5.41, 5.74) is 0.535. The first-order valence-corrected chi connectivity index (χ1v) is 6.21. The SMILES string of the molecule is CC(C)c1cccc(F)c1S(C)(=O)=O. The van der Waals surface area contributed by atoms with Gasteiger partial charge in [-0.15, -0.1) is 0 Å². The predicted molar refractivity (Wildman–Crippen MR) is 53.6 cm³/mol. The van der Waals surface area contributed by atoms with Crippen LogP contribution in [0.5, 0.6) is 0 Å². The second-order valence-corrected chi connectivity index (χ2v) is 5.54. The quantitative estimate of drug-likeness (QED) is 0.760. The number of benzene rings is 1. The summed E-state index contributed by atoms with van der Waals surface area (Å²) < 4.78 is 36.0. The maximum Gasteiger partial charge on any atom is 0.178 e. The number of hydrogen-bond acceptors (Lipinski definition) is 2. The molecule has 0 N–H and O–H groups in total. The van der Waals surface area contributed by atoms with E-state index >= 15 is 0 Å². The molecule has 14 heavy (non-hydrogen) atoms. The van der Waals surface area contributed by atoms with E-state index in [0.717, 1.165) is 6.26 Å². The van der Waals surface area contributed by atoms with Crippen molar-refractivity contribution in [2.75, 3.05) is 6.26 Å². The topological polar surface area (TPSA) is 34.1 Å². The highest BCUT2D eigenvalue weighted by atomic mass is 32.2. The van der Waals surface area contributed by atoms with E-state index in [0.29, 0.717) is 5.56 Å². The van der Waals surface area contributed by atoms with E-state index in [4.69, 9.17) is 0 Å². The molecule has 0 aliphatic rings. The summed E-state index contributed by atoms with van der Waals surface area (Å²) in [5.74, 6) is -0.672. The molecule has 0 atom stereocenters. The molecule has 0 aliphatic heterocycles. The molecule has 0 bridgehead atoms. The number of hydrogen-bond donors (Lipinski definition) is 0. The van der Waals surface area contributed by atoms with Crippen LogP contribution in [0.25, 0.3) is 0 Å². The van der Waals surface area contributed by atoms with Gasteiger partial charge in [0.05, 0.1) is 0 Å². The lowest BCUT2D eigenvalue weighted by Gasteiger charge is -2.11. The van der Waals surface area contributed by atoms with Gasteiger partial charge in [-0.1, -0.05) is 26.0 Å². The van der Waals surface area contributed by atoms with Gasteiger partial charge >= 0.3 is 0 Å². The second kappa shape index (κ2) is 3.69. The lowest BCUT2D eigenvalue weighted by Crippen LogP contribution is -2.06. The van der Waals surface area contributed by atoms with Gasteiger partial charge in [0, 0.05) is 6.26 Å². The lowest BCUT2D eigenvalue weighted by molar-refractivity contribution is 0.563. The Kier molecular flexibility index (Phi) is 2.95. The first-order chi connectivity index (χ1) is 6.34. The van der Waals surface area contributed by atoms with Gasteiger partial charge in [0.15, 0.2) is 9.84 Å². The van der Waals surface area contributed by atoms with Crippen LogP contribution in [0.15, 0.2) is 23.1 Å². The normalized spacial score (nSPS) is 12.1. The predicted octanol–water partition coefficient (Wildman–Crippen LogP) is 2.35. The van der Waals surface area contributed by atoms with Crippen molar-refractivity contribution in [3.8, 4) is 0 Å². The zero-order chi connectivity index (χ0) is 10.9. The van der Waals surface area contributed by atoms with Crippen molar-refractivity contribution in [2.24, 2.45) is 0 Å². The van der Waals surface area contributed by atoms with Crippen LogP contribution in [-0.2, 0) is 9.84 Å². The van der Waals surface area contributed by atoms with Crippen LogP contribution in [0.2, 0.25) is 0 Å². The Labute approximate surface area is 83.7 Å². The van der Waals surface area contributed by atoms with E-state index in [2.05, 4.69) is 0 Å². The fourth-order valence-electron chi connectivity index (χ4n) is 1.37. The smallest absolute Gasteiger partial charge is 0.178 e. The maximum atomic E-state index is 13.3. The summed E-state index contributed by atoms with van der Waals surface area (Å²) >= 11 is 0. The molecular formula is C10H13FO2S. The van der Waals surface area contributed by atoms with Crippen LogP contribution in [-0.4, -0.2) is 14.7 Å². The fourth-order valence-corrected chi connectivity index (χ4v) is 2.53. The molecule has 0 radical (unpaired) electrons. The largest absolute Gasteiger partial charge is 0.224 e. The van der Waals surface area contributed by atoms with Crippen LogP contribution < -0.4 is 0 Å². The average molecular weight is 216 g/mol. The number of rotatable bonds is 2. The number of halogens is 1. The van der Waals surface area contributed by atoms with Gasteiger partial charge < -0.3 is 0 Å². The molecule has 0 aliphatic carbocycles. The van der Waals surface area contributed by atoms with Crippen molar-refractivity contribution in [1.82, 2.24) is 0 Å². The van der Waals surface area contributed by atoms with Crippen LogP contribution in [0, 0.1) is 5.82 Å². The molecule has 0 saturated carbocycles. The Morgan fingerprint density at radius 3 is 2.21 bits per heavy atom. The van der Waals surface area contributed by atoms with E-state index in [1.165, 1.54) is 12.1 Å². The number of sulfone groups is 1. The summed E-state index contributed by atoms with van der Waals surface area (Å²) in [5, 5.41) is 0. The molecule has 0 heterocycles. The molecule has 0 saturated heterocycles. The average Bonchev–Trinajstić information content (AvgIpc) is 2.01. The second-order valence-electron chi connectivity index (χ2n) is 3.59. The summed E-state index contributed by atoms with van der Waals surface area (Å²) in [6.07, 6.45) is 1.03. The highest BCUT2D eigenvalue weighted by Gasteiger charge is 2.19. The minimum absolute atomic E-state index is 0.00424. The minimum atomic E-state index is -3.48. The third-order valence-corrected chi connectivity index (χ3v) is 3.16. The van der Waals surface area contributed by atoms with Crippen LogP contribution in [0.4, 0.5) is 4.39 Å². The van der Waals surface area contributed by atoms with Crippen molar-refractivity contribution in [3.63, 3.8) is 0 Å². The molecule has 4 heteroatoms. The Bertz CT molecular complexity index is 435. The minimum Gasteiger partial charge on any atom is -0.224 e. The molecular weight excluding hydrogens is 203 g/mol. The fraction of sp³-hybridized carbons (Fsp3) is 0.400. The monoisotopic (exact) mass is 216 g/mol. The van der Waals surface area contributed by atoms with Crippen LogP contribution >= 0.6 is 0 Å². The third kappa shape index (κ3) is 2.12. The highest BCUT2D eigenvalue weighted by Crippen LogP contribution is 2.25. The summed E-state index contributed by atoms with van der Waals surface area (Å²) in [6.45, 7) is 3.67. The molecule has 0 amide bonds. The summed E-state index contributed by atoms with van der Waals surface area (Å²) in [6, 6.07) is 4.34. The molecule has 78 valence electrons. The molecule has 1 aromatic carbocycles. The van der Waals surface area contributed by atoms with Crippen molar-refractivity contribution >= 4 is 9.84 Å². The molecule has 0 fully saturated rings. The van der Waals surface area contributed by atoms with Crippen LogP contribution in [0.3, 0.4) is 0 Å². The van der Waals surface area contributed by atoms with E-state index in [9.17, 15) is 12.8 Å². The van der Waals surface area contributed by atoms with Gasteiger partial charge in [0.2, 0.25) is 0 Å². The van der Waals surface area contributed by atoms with Gasteiger partial charge in [0.1, 0.15) is 10.7 Å². The molecule has 0 unspecified atom stereocenters. The molecule has 1 aromatic rings. The van der Waals surface area contributed by atoms with Crippen LogP contribution in [0.1, 0.15) is 25.3 Å². The first-order valence-electron chi connectivity index (χ1n) is 4.32. The Balaban J connectivity index is 3.54. The first kappa shape index (κ1) is 11.2. The maximum absolute atomic E-state index is 13.3. The van der Waals surface area contributed by atoms with E-state index < -0.39 is 15.7 Å². The van der Waals surface area contributed by atoms with E-state index in [-0.39, 0.29) is 10.8 Å². The zero-order valence-corrected chi connectivity index (χ0v) is 9.23. The summed E-state index contributed by atoms with van der Waals surface area (Å²) in [4.78, 5) is -0.171. The summed E-state index contributed by atoms with van der Waals surface area (Å²) in [7, 11) is -3.48. The van der Waals surface area contributed by atoms with E-state index in [1.807, 2.05) is 13.8 Å². The van der Waals surface area contributed by atoms with Gasteiger partial charge in [-0.05, 0) is 17.5 Å². The van der Waals surface area contributed by atoms with Gasteiger partial charge in [-0.25, -0.2) is 12.8 Å². The standard InChI is InChI=1S/C10H13FO2S/c1-7(2)8-5-4-6-9(11)10(8)14(3,12)13/h4-7H,1-3H3. The van der Waals surface area contributed by atoms with Crippen molar-refractivity contribution < 1.29 is 12.8 Å². The van der Waals surface area contributed by atoms with Gasteiger partial charge in [-0.3, -0.25) is 0 Å². The lowest BCUT2D eigenvalue weighted by atomic mass is 10.0. The molecule has 0 spiro atoms. The highest BCUT2D eigenvalue weighted by molar-refractivity contribution is 7.90.